The molecular weight excluding hydrogens is 350 g/mol. The number of amides is 2. The number of anilines is 1. The van der Waals surface area contributed by atoms with Crippen LogP contribution in [0.1, 0.15) is 11.1 Å². The van der Waals surface area contributed by atoms with E-state index in [2.05, 4.69) is 0 Å². The molecule has 2 aliphatic rings. The maximum absolute atomic E-state index is 13.4. The van der Waals surface area contributed by atoms with Crippen molar-refractivity contribution >= 4 is 17.5 Å². The molecule has 3 aromatic carbocycles. The lowest BCUT2D eigenvalue weighted by Gasteiger charge is -2.27. The average molecular weight is 369 g/mol. The summed E-state index contributed by atoms with van der Waals surface area (Å²) in [5.74, 6) is -0.584. The lowest BCUT2D eigenvalue weighted by atomic mass is 9.83. The maximum atomic E-state index is 13.4. The molecule has 138 valence electrons. The van der Waals surface area contributed by atoms with E-state index in [1.54, 1.807) is 19.2 Å². The molecule has 5 rings (SSSR count). The Morgan fingerprint density at radius 2 is 1.18 bits per heavy atom. The van der Waals surface area contributed by atoms with E-state index >= 15 is 0 Å². The molecule has 2 atom stereocenters. The van der Waals surface area contributed by atoms with E-state index in [4.69, 9.17) is 4.74 Å². The van der Waals surface area contributed by atoms with Crippen LogP contribution in [0.15, 0.2) is 84.9 Å². The molecular formula is C24H19NO3. The van der Waals surface area contributed by atoms with Gasteiger partial charge in [0, 0.05) is 5.41 Å². The van der Waals surface area contributed by atoms with Crippen LogP contribution in [-0.4, -0.2) is 18.9 Å². The van der Waals surface area contributed by atoms with Gasteiger partial charge in [0.25, 0.3) is 0 Å². The number of carbonyl (C=O) groups is 2. The summed E-state index contributed by atoms with van der Waals surface area (Å²) >= 11 is 0. The molecule has 2 amide bonds. The molecule has 1 heterocycles. The second-order valence-electron chi connectivity index (χ2n) is 7.24. The van der Waals surface area contributed by atoms with E-state index in [9.17, 15) is 9.59 Å². The standard InChI is InChI=1S/C24H19NO3/c1-28-19-15-9-8-14-18(19)25-22(26)20-21(23(25)27)24(20,16-10-4-2-5-11-16)17-12-6-3-7-13-17/h2-15,20-21H,1H3/t20-,21+. The smallest absolute Gasteiger partial charge is 0.239 e. The number of hydrogen-bond acceptors (Lipinski definition) is 3. The lowest BCUT2D eigenvalue weighted by Crippen LogP contribution is -2.39. The van der Waals surface area contributed by atoms with Gasteiger partial charge in [-0.1, -0.05) is 72.8 Å². The normalized spacial score (nSPS) is 22.1. The Bertz CT molecular complexity index is 998. The molecule has 0 bridgehead atoms. The second-order valence-corrected chi connectivity index (χ2v) is 7.24. The number of para-hydroxylation sites is 2. The minimum absolute atomic E-state index is 0.160. The van der Waals surface area contributed by atoms with Crippen molar-refractivity contribution in [3.8, 4) is 5.75 Å². The summed E-state index contributed by atoms with van der Waals surface area (Å²) in [4.78, 5) is 28.2. The Balaban J connectivity index is 1.63. The SMILES string of the molecule is COc1ccccc1N1C(=O)[C@@H]2[C@H](C1=O)C2(c1ccccc1)c1ccccc1. The van der Waals surface area contributed by atoms with Crippen molar-refractivity contribution in [2.24, 2.45) is 11.8 Å². The highest BCUT2D eigenvalue weighted by Gasteiger charge is 2.78. The number of rotatable bonds is 4. The van der Waals surface area contributed by atoms with E-state index in [0.717, 1.165) is 11.1 Å². The van der Waals surface area contributed by atoms with Gasteiger partial charge in [0.15, 0.2) is 0 Å². The van der Waals surface area contributed by atoms with Crippen LogP contribution in [0.25, 0.3) is 0 Å². The van der Waals surface area contributed by atoms with E-state index in [1.165, 1.54) is 4.90 Å². The third-order valence-corrected chi connectivity index (χ3v) is 6.01. The molecule has 0 unspecified atom stereocenters. The van der Waals surface area contributed by atoms with Crippen molar-refractivity contribution in [1.29, 1.82) is 0 Å². The first-order valence-electron chi connectivity index (χ1n) is 9.33. The number of hydrogen-bond donors (Lipinski definition) is 0. The molecule has 1 saturated carbocycles. The number of methoxy groups -OCH3 is 1. The highest BCUT2D eigenvalue weighted by molar-refractivity contribution is 6.27. The second kappa shape index (κ2) is 6.06. The van der Waals surface area contributed by atoms with Gasteiger partial charge >= 0.3 is 0 Å². The number of carbonyl (C=O) groups excluding carboxylic acids is 2. The first-order chi connectivity index (χ1) is 13.7. The summed E-state index contributed by atoms with van der Waals surface area (Å²) in [5.41, 5.74) is 1.95. The van der Waals surface area contributed by atoms with Gasteiger partial charge in [-0.15, -0.1) is 0 Å². The van der Waals surface area contributed by atoms with Crippen LogP contribution in [-0.2, 0) is 15.0 Å². The molecule has 1 saturated heterocycles. The molecule has 1 aliphatic carbocycles. The molecule has 0 spiro atoms. The van der Waals surface area contributed by atoms with Crippen molar-refractivity contribution in [3.05, 3.63) is 96.1 Å². The van der Waals surface area contributed by atoms with Gasteiger partial charge in [0.2, 0.25) is 11.8 Å². The van der Waals surface area contributed by atoms with Gasteiger partial charge < -0.3 is 4.74 Å². The van der Waals surface area contributed by atoms with Crippen molar-refractivity contribution in [1.82, 2.24) is 0 Å². The van der Waals surface area contributed by atoms with Crippen molar-refractivity contribution in [2.45, 2.75) is 5.41 Å². The van der Waals surface area contributed by atoms with E-state index in [-0.39, 0.29) is 11.8 Å². The van der Waals surface area contributed by atoms with Gasteiger partial charge in [-0.25, -0.2) is 4.90 Å². The molecule has 3 aromatic rings. The monoisotopic (exact) mass is 369 g/mol. The molecule has 0 aromatic heterocycles. The van der Waals surface area contributed by atoms with Gasteiger partial charge in [-0.3, -0.25) is 9.59 Å². The van der Waals surface area contributed by atoms with Crippen LogP contribution in [0.3, 0.4) is 0 Å². The average Bonchev–Trinajstić information content (AvgIpc) is 3.39. The van der Waals surface area contributed by atoms with Crippen LogP contribution in [0.4, 0.5) is 5.69 Å². The zero-order chi connectivity index (χ0) is 19.3. The molecule has 4 nitrogen and oxygen atoms in total. The van der Waals surface area contributed by atoms with Crippen molar-refractivity contribution in [2.75, 3.05) is 12.0 Å². The topological polar surface area (TPSA) is 46.6 Å². The van der Waals surface area contributed by atoms with Gasteiger partial charge in [0.05, 0.1) is 24.6 Å². The quantitative estimate of drug-likeness (QED) is 0.657. The van der Waals surface area contributed by atoms with Gasteiger partial charge in [-0.05, 0) is 23.3 Å². The van der Waals surface area contributed by atoms with Gasteiger partial charge in [-0.2, -0.15) is 0 Å². The van der Waals surface area contributed by atoms with Crippen LogP contribution < -0.4 is 9.64 Å². The first-order valence-corrected chi connectivity index (χ1v) is 9.33. The Morgan fingerprint density at radius 1 is 0.714 bits per heavy atom. The van der Waals surface area contributed by atoms with E-state index in [1.807, 2.05) is 72.8 Å². The number of benzene rings is 3. The minimum atomic E-state index is -0.588. The number of nitrogens with zero attached hydrogens (tertiary/aromatic N) is 1. The summed E-state index contributed by atoms with van der Waals surface area (Å²) in [6.07, 6.45) is 0. The van der Waals surface area contributed by atoms with Crippen LogP contribution in [0.2, 0.25) is 0 Å². The third kappa shape index (κ3) is 2.06. The van der Waals surface area contributed by atoms with Crippen molar-refractivity contribution in [3.63, 3.8) is 0 Å². The number of imide groups is 1. The molecule has 28 heavy (non-hydrogen) atoms. The summed E-state index contributed by atoms with van der Waals surface area (Å²) in [7, 11) is 1.54. The number of fused-ring (bicyclic) bond motifs is 1. The van der Waals surface area contributed by atoms with E-state index < -0.39 is 17.3 Å². The Kier molecular flexibility index (Phi) is 3.63. The fourth-order valence-electron chi connectivity index (χ4n) is 4.81. The summed E-state index contributed by atoms with van der Waals surface area (Å²) in [6.45, 7) is 0. The first kappa shape index (κ1) is 16.8. The summed E-state index contributed by atoms with van der Waals surface area (Å²) in [5, 5.41) is 0. The third-order valence-electron chi connectivity index (χ3n) is 6.01. The molecule has 0 N–H and O–H groups in total. The van der Waals surface area contributed by atoms with Crippen LogP contribution >= 0.6 is 0 Å². The molecule has 2 fully saturated rings. The largest absolute Gasteiger partial charge is 0.495 e. The zero-order valence-corrected chi connectivity index (χ0v) is 15.4. The van der Waals surface area contributed by atoms with E-state index in [0.29, 0.717) is 11.4 Å². The van der Waals surface area contributed by atoms with Crippen molar-refractivity contribution < 1.29 is 14.3 Å². The van der Waals surface area contributed by atoms with Crippen LogP contribution in [0.5, 0.6) is 5.75 Å². The Morgan fingerprint density at radius 3 is 1.68 bits per heavy atom. The molecule has 4 heteroatoms. The lowest BCUT2D eigenvalue weighted by molar-refractivity contribution is -0.124. The molecule has 1 aliphatic heterocycles. The maximum Gasteiger partial charge on any atom is 0.239 e. The minimum Gasteiger partial charge on any atom is -0.495 e. The number of piperidine rings is 1. The summed E-state index contributed by atoms with van der Waals surface area (Å²) < 4.78 is 5.38. The summed E-state index contributed by atoms with van der Waals surface area (Å²) in [6, 6.07) is 26.9. The highest BCUT2D eigenvalue weighted by atomic mass is 16.5. The fraction of sp³-hybridized carbons (Fsp3) is 0.167. The number of ether oxygens (including phenoxy) is 1. The zero-order valence-electron chi connectivity index (χ0n) is 15.4. The Hall–Kier alpha value is -3.40. The predicted octanol–water partition coefficient (Wildman–Crippen LogP) is 3.80. The van der Waals surface area contributed by atoms with Crippen LogP contribution in [0, 0.1) is 11.8 Å². The molecule has 0 radical (unpaired) electrons. The Labute approximate surface area is 163 Å². The fourth-order valence-corrected chi connectivity index (χ4v) is 4.81. The predicted molar refractivity (Wildman–Crippen MR) is 106 cm³/mol. The highest BCUT2D eigenvalue weighted by Crippen LogP contribution is 2.68. The van der Waals surface area contributed by atoms with Gasteiger partial charge in [0.1, 0.15) is 5.75 Å².